The zero-order valence-electron chi connectivity index (χ0n) is 18.7. The minimum Gasteiger partial charge on any atom is -0.259 e. The Morgan fingerprint density at radius 2 is 1.85 bits per heavy atom. The van der Waals surface area contributed by atoms with Gasteiger partial charge in [-0.05, 0) is 69.9 Å². The van der Waals surface area contributed by atoms with Crippen LogP contribution in [0.3, 0.4) is 0 Å². The van der Waals surface area contributed by atoms with Crippen LogP contribution in [0.5, 0.6) is 0 Å². The molecule has 1 aliphatic rings. The van der Waals surface area contributed by atoms with Gasteiger partial charge in [0.15, 0.2) is 0 Å². The molecule has 2 atom stereocenters. The van der Waals surface area contributed by atoms with Gasteiger partial charge in [-0.2, -0.15) is 18.3 Å². The highest BCUT2D eigenvalue weighted by molar-refractivity contribution is 9.10. The number of nitrogens with zero attached hydrogens (tertiary/aromatic N) is 3. The lowest BCUT2D eigenvalue weighted by Gasteiger charge is -2.25. The molecule has 2 heterocycles. The zero-order chi connectivity index (χ0) is 24.8. The standard InChI is InChI=1S/C23H23BrF4N4OS/c1-22(2,3)32-21(16-10-14(25)6-8-18(16)24)17(12-30-32)20(13-4-5-13)31-34(33)15-7-9-19(29-11-15)23(26,27)28/h6-13,20,31H,4-5H2,1-3H3. The van der Waals surface area contributed by atoms with E-state index in [2.05, 4.69) is 30.7 Å². The van der Waals surface area contributed by atoms with Gasteiger partial charge in [-0.3, -0.25) is 9.67 Å². The summed E-state index contributed by atoms with van der Waals surface area (Å²) in [7, 11) is -1.82. The van der Waals surface area contributed by atoms with Gasteiger partial charge in [0.2, 0.25) is 0 Å². The SMILES string of the molecule is CC(C)(C)n1ncc(C(NS(=O)c2ccc(C(F)(F)F)nc2)C2CC2)c1-c1cc(F)ccc1Br. The summed E-state index contributed by atoms with van der Waals surface area (Å²) in [6.45, 7) is 5.93. The number of aromatic nitrogens is 3. The fraction of sp³-hybridized carbons (Fsp3) is 0.391. The molecule has 4 rings (SSSR count). The summed E-state index contributed by atoms with van der Waals surface area (Å²) < 4.78 is 71.4. The van der Waals surface area contributed by atoms with Crippen LogP contribution in [0.4, 0.5) is 17.6 Å². The lowest BCUT2D eigenvalue weighted by molar-refractivity contribution is -0.141. The maximum absolute atomic E-state index is 14.2. The Morgan fingerprint density at radius 1 is 1.15 bits per heavy atom. The first kappa shape index (κ1) is 25.0. The average molecular weight is 559 g/mol. The molecule has 0 radical (unpaired) electrons. The summed E-state index contributed by atoms with van der Waals surface area (Å²) in [5.74, 6) is -0.240. The van der Waals surface area contributed by atoms with Crippen molar-refractivity contribution in [3.05, 3.63) is 64.3 Å². The van der Waals surface area contributed by atoms with Crippen molar-refractivity contribution in [1.82, 2.24) is 19.5 Å². The second-order valence-electron chi connectivity index (χ2n) is 9.23. The first-order valence-corrected chi connectivity index (χ1v) is 12.6. The molecule has 3 aromatic rings. The first-order chi connectivity index (χ1) is 15.9. The van der Waals surface area contributed by atoms with E-state index in [9.17, 15) is 21.8 Å². The second kappa shape index (κ2) is 9.16. The largest absolute Gasteiger partial charge is 0.433 e. The Morgan fingerprint density at radius 3 is 2.41 bits per heavy atom. The van der Waals surface area contributed by atoms with E-state index >= 15 is 0 Å². The zero-order valence-corrected chi connectivity index (χ0v) is 21.1. The van der Waals surface area contributed by atoms with Crippen molar-refractivity contribution in [3.8, 4) is 11.3 Å². The number of alkyl halides is 3. The van der Waals surface area contributed by atoms with Gasteiger partial charge in [-0.1, -0.05) is 15.9 Å². The third kappa shape index (κ3) is 5.26. The van der Waals surface area contributed by atoms with E-state index in [1.807, 2.05) is 25.5 Å². The second-order valence-corrected chi connectivity index (χ2v) is 11.3. The highest BCUT2D eigenvalue weighted by Gasteiger charge is 2.38. The van der Waals surface area contributed by atoms with Crippen molar-refractivity contribution < 1.29 is 21.8 Å². The minimum absolute atomic E-state index is 0.135. The molecule has 1 N–H and O–H groups in total. The maximum Gasteiger partial charge on any atom is 0.433 e. The van der Waals surface area contributed by atoms with E-state index in [0.29, 0.717) is 15.7 Å². The molecule has 2 unspecified atom stereocenters. The van der Waals surface area contributed by atoms with E-state index in [-0.39, 0.29) is 10.8 Å². The molecule has 5 nitrogen and oxygen atoms in total. The summed E-state index contributed by atoms with van der Waals surface area (Å²) in [4.78, 5) is 3.55. The monoisotopic (exact) mass is 558 g/mol. The number of halogens is 5. The maximum atomic E-state index is 14.2. The number of nitrogens with one attached hydrogen (secondary N) is 1. The molecule has 1 aromatic carbocycles. The van der Waals surface area contributed by atoms with E-state index in [4.69, 9.17) is 0 Å². The third-order valence-electron chi connectivity index (χ3n) is 5.52. The van der Waals surface area contributed by atoms with Crippen LogP contribution in [-0.4, -0.2) is 19.0 Å². The van der Waals surface area contributed by atoms with Crippen LogP contribution >= 0.6 is 15.9 Å². The van der Waals surface area contributed by atoms with Gasteiger partial charge in [-0.15, -0.1) is 0 Å². The van der Waals surface area contributed by atoms with Crippen LogP contribution in [0.1, 0.15) is 50.9 Å². The molecule has 2 aromatic heterocycles. The van der Waals surface area contributed by atoms with Crippen LogP contribution in [0.2, 0.25) is 0 Å². The smallest absolute Gasteiger partial charge is 0.259 e. The fourth-order valence-electron chi connectivity index (χ4n) is 3.73. The highest BCUT2D eigenvalue weighted by Crippen LogP contribution is 2.46. The Kier molecular flexibility index (Phi) is 6.73. The highest BCUT2D eigenvalue weighted by atomic mass is 79.9. The van der Waals surface area contributed by atoms with Crippen LogP contribution in [-0.2, 0) is 22.7 Å². The number of pyridine rings is 1. The molecule has 34 heavy (non-hydrogen) atoms. The predicted octanol–water partition coefficient (Wildman–Crippen LogP) is 6.38. The van der Waals surface area contributed by atoms with Crippen LogP contribution < -0.4 is 4.72 Å². The molecule has 0 aliphatic heterocycles. The number of benzene rings is 1. The van der Waals surface area contributed by atoms with Gasteiger partial charge in [-0.25, -0.2) is 13.3 Å². The predicted molar refractivity (Wildman–Crippen MR) is 125 cm³/mol. The molecule has 11 heteroatoms. The van der Waals surface area contributed by atoms with Gasteiger partial charge in [0.1, 0.15) is 22.5 Å². The lowest BCUT2D eigenvalue weighted by Crippen LogP contribution is -2.27. The molecule has 1 saturated carbocycles. The van der Waals surface area contributed by atoms with Crippen molar-refractivity contribution in [2.24, 2.45) is 5.92 Å². The molecule has 0 bridgehead atoms. The molecule has 0 saturated heterocycles. The van der Waals surface area contributed by atoms with Gasteiger partial charge < -0.3 is 0 Å². The topological polar surface area (TPSA) is 59.8 Å². The van der Waals surface area contributed by atoms with E-state index in [1.54, 1.807) is 12.3 Å². The fourth-order valence-corrected chi connectivity index (χ4v) is 5.19. The Balaban J connectivity index is 1.74. The summed E-state index contributed by atoms with van der Waals surface area (Å²) in [6.07, 6.45) is -0.122. The molecule has 0 amide bonds. The molecular weight excluding hydrogens is 536 g/mol. The molecular formula is C23H23BrF4N4OS. The normalized spacial score (nSPS) is 16.5. The number of hydrogen-bond donors (Lipinski definition) is 1. The number of rotatable bonds is 6. The summed E-state index contributed by atoms with van der Waals surface area (Å²) in [5, 5.41) is 4.58. The lowest BCUT2D eigenvalue weighted by atomic mass is 9.98. The summed E-state index contributed by atoms with van der Waals surface area (Å²) in [5.41, 5.74) is 0.570. The third-order valence-corrected chi connectivity index (χ3v) is 7.35. The Hall–Kier alpha value is -2.11. The van der Waals surface area contributed by atoms with E-state index < -0.39 is 40.3 Å². The van der Waals surface area contributed by atoms with Gasteiger partial charge in [0.25, 0.3) is 0 Å². The van der Waals surface area contributed by atoms with E-state index in [0.717, 1.165) is 36.7 Å². The van der Waals surface area contributed by atoms with E-state index in [1.165, 1.54) is 12.1 Å². The van der Waals surface area contributed by atoms with Crippen molar-refractivity contribution in [3.63, 3.8) is 0 Å². The van der Waals surface area contributed by atoms with Crippen LogP contribution in [0.25, 0.3) is 11.3 Å². The van der Waals surface area contributed by atoms with Crippen molar-refractivity contribution in [2.75, 3.05) is 0 Å². The van der Waals surface area contributed by atoms with Crippen LogP contribution in [0, 0.1) is 11.7 Å². The molecule has 1 fully saturated rings. The Labute approximate surface area is 205 Å². The van der Waals surface area contributed by atoms with Gasteiger partial charge >= 0.3 is 6.18 Å². The minimum atomic E-state index is -4.57. The molecule has 182 valence electrons. The van der Waals surface area contributed by atoms with Crippen molar-refractivity contribution in [2.45, 2.75) is 56.3 Å². The molecule has 0 spiro atoms. The van der Waals surface area contributed by atoms with Gasteiger partial charge in [0.05, 0.1) is 28.4 Å². The van der Waals surface area contributed by atoms with Crippen molar-refractivity contribution >= 4 is 26.9 Å². The molecule has 1 aliphatic carbocycles. The van der Waals surface area contributed by atoms with Crippen molar-refractivity contribution in [1.29, 1.82) is 0 Å². The first-order valence-electron chi connectivity index (χ1n) is 10.6. The van der Waals surface area contributed by atoms with Crippen LogP contribution in [0.15, 0.2) is 52.1 Å². The summed E-state index contributed by atoms with van der Waals surface area (Å²) in [6, 6.07) is 5.98. The summed E-state index contributed by atoms with van der Waals surface area (Å²) >= 11 is 3.51. The quantitative estimate of drug-likeness (QED) is 0.357. The average Bonchev–Trinajstić information content (AvgIpc) is 3.50. The number of hydrogen-bond acceptors (Lipinski definition) is 3. The Bertz CT molecular complexity index is 1220. The van der Waals surface area contributed by atoms with Gasteiger partial charge in [0, 0.05) is 21.8 Å².